The lowest BCUT2D eigenvalue weighted by Gasteiger charge is -2.23. The molecule has 8 heteroatoms. The van der Waals surface area contributed by atoms with Crippen LogP contribution >= 0.6 is 11.8 Å². The lowest BCUT2D eigenvalue weighted by molar-refractivity contribution is -0.148. The van der Waals surface area contributed by atoms with Crippen molar-refractivity contribution in [3.05, 3.63) is 52.4 Å². The molecule has 3 rings (SSSR count). The van der Waals surface area contributed by atoms with E-state index in [-0.39, 0.29) is 12.4 Å². The van der Waals surface area contributed by atoms with Crippen LogP contribution in [0.4, 0.5) is 0 Å². The van der Waals surface area contributed by atoms with Crippen LogP contribution in [0, 0.1) is 13.8 Å². The number of ether oxygens (including phenoxy) is 1. The van der Waals surface area contributed by atoms with Gasteiger partial charge in [-0.2, -0.15) is 11.8 Å². The van der Waals surface area contributed by atoms with Crippen molar-refractivity contribution in [1.29, 1.82) is 0 Å². The summed E-state index contributed by atoms with van der Waals surface area (Å²) in [6.07, 6.45) is 1.80. The predicted molar refractivity (Wildman–Crippen MR) is 94.9 cm³/mol. The highest BCUT2D eigenvalue weighted by molar-refractivity contribution is 7.98. The van der Waals surface area contributed by atoms with Gasteiger partial charge in [0.15, 0.2) is 0 Å². The number of hydrogen-bond acceptors (Lipinski definition) is 7. The molecule has 0 saturated heterocycles. The number of carbonyl (C=O) groups is 3. The van der Waals surface area contributed by atoms with Crippen LogP contribution in [0.25, 0.3) is 0 Å². The third kappa shape index (κ3) is 3.12. The molecule has 0 aliphatic carbocycles. The van der Waals surface area contributed by atoms with Crippen molar-refractivity contribution in [3.63, 3.8) is 0 Å². The molecule has 1 aromatic heterocycles. The number of carbonyl (C=O) groups excluding carboxylic acids is 3. The van der Waals surface area contributed by atoms with Gasteiger partial charge in [0.25, 0.3) is 11.8 Å². The van der Waals surface area contributed by atoms with E-state index in [0.717, 1.165) is 4.90 Å². The Morgan fingerprint density at radius 1 is 1.23 bits per heavy atom. The van der Waals surface area contributed by atoms with E-state index in [9.17, 15) is 14.4 Å². The summed E-state index contributed by atoms with van der Waals surface area (Å²) in [5.41, 5.74) is 1.94. The molecule has 1 aliphatic heterocycles. The fourth-order valence-corrected chi connectivity index (χ4v) is 3.45. The zero-order valence-electron chi connectivity index (χ0n) is 14.6. The number of nitrogens with zero attached hydrogens (tertiary/aromatic N) is 2. The van der Waals surface area contributed by atoms with Crippen LogP contribution in [-0.4, -0.2) is 45.9 Å². The van der Waals surface area contributed by atoms with E-state index in [2.05, 4.69) is 5.16 Å². The minimum Gasteiger partial charge on any atom is -0.459 e. The van der Waals surface area contributed by atoms with Crippen LogP contribution in [0.1, 0.15) is 37.7 Å². The van der Waals surface area contributed by atoms with Gasteiger partial charge in [0, 0.05) is 5.75 Å². The minimum atomic E-state index is -0.988. The van der Waals surface area contributed by atoms with Gasteiger partial charge in [-0.3, -0.25) is 14.5 Å². The fraction of sp³-hybridized carbons (Fsp3) is 0.333. The molecule has 2 aromatic rings. The van der Waals surface area contributed by atoms with Gasteiger partial charge < -0.3 is 9.26 Å². The number of aryl methyl sites for hydroxylation is 2. The molecule has 2 amide bonds. The first kappa shape index (κ1) is 18.2. The molecular formula is C18H18N2O5S. The second-order valence-corrected chi connectivity index (χ2v) is 6.82. The number of aromatic nitrogens is 1. The maximum Gasteiger partial charge on any atom is 0.330 e. The Balaban J connectivity index is 1.80. The zero-order chi connectivity index (χ0) is 18.8. The van der Waals surface area contributed by atoms with Crippen molar-refractivity contribution in [2.45, 2.75) is 26.5 Å². The Hall–Kier alpha value is -2.61. The summed E-state index contributed by atoms with van der Waals surface area (Å²) >= 11 is 1.36. The maximum atomic E-state index is 12.6. The summed E-state index contributed by atoms with van der Waals surface area (Å²) in [7, 11) is 0. The van der Waals surface area contributed by atoms with Crippen molar-refractivity contribution in [1.82, 2.24) is 10.1 Å². The number of hydrogen-bond donors (Lipinski definition) is 0. The highest BCUT2D eigenvalue weighted by Crippen LogP contribution is 2.26. The average molecular weight is 374 g/mol. The monoisotopic (exact) mass is 374 g/mol. The van der Waals surface area contributed by atoms with Crippen molar-refractivity contribution in [2.75, 3.05) is 12.0 Å². The molecule has 1 unspecified atom stereocenters. The summed E-state index contributed by atoms with van der Waals surface area (Å²) in [5.74, 6) is -0.754. The van der Waals surface area contributed by atoms with E-state index in [1.54, 1.807) is 44.4 Å². The second-order valence-electron chi connectivity index (χ2n) is 5.91. The molecular weight excluding hydrogens is 356 g/mol. The molecule has 1 aromatic carbocycles. The average Bonchev–Trinajstić information content (AvgIpc) is 3.08. The summed E-state index contributed by atoms with van der Waals surface area (Å²) in [6.45, 7) is 3.46. The van der Waals surface area contributed by atoms with Crippen LogP contribution < -0.4 is 0 Å². The molecule has 0 radical (unpaired) electrons. The van der Waals surface area contributed by atoms with Crippen LogP contribution in [0.2, 0.25) is 0 Å². The van der Waals surface area contributed by atoms with E-state index in [0.29, 0.717) is 28.1 Å². The SMILES string of the molecule is CSCC(C(=O)OCc1c(C)noc1C)N1C(=O)c2ccccc2C1=O. The van der Waals surface area contributed by atoms with Crippen molar-refractivity contribution >= 4 is 29.5 Å². The van der Waals surface area contributed by atoms with Gasteiger partial charge in [-0.25, -0.2) is 4.79 Å². The smallest absolute Gasteiger partial charge is 0.330 e. The topological polar surface area (TPSA) is 89.7 Å². The van der Waals surface area contributed by atoms with Gasteiger partial charge in [0.05, 0.1) is 22.4 Å². The van der Waals surface area contributed by atoms with E-state index >= 15 is 0 Å². The Kier molecular flexibility index (Phi) is 5.13. The first-order valence-corrected chi connectivity index (χ1v) is 9.39. The van der Waals surface area contributed by atoms with Crippen molar-refractivity contribution in [2.24, 2.45) is 0 Å². The highest BCUT2D eigenvalue weighted by atomic mass is 32.2. The minimum absolute atomic E-state index is 0.0198. The number of esters is 1. The number of rotatable bonds is 6. The number of fused-ring (bicyclic) bond motifs is 1. The van der Waals surface area contributed by atoms with Crippen LogP contribution in [-0.2, 0) is 16.1 Å². The van der Waals surface area contributed by atoms with Crippen molar-refractivity contribution < 1.29 is 23.6 Å². The Bertz CT molecular complexity index is 822. The zero-order valence-corrected chi connectivity index (χ0v) is 15.5. The molecule has 0 fully saturated rings. The van der Waals surface area contributed by atoms with E-state index < -0.39 is 23.8 Å². The van der Waals surface area contributed by atoms with E-state index in [1.165, 1.54) is 11.8 Å². The summed E-state index contributed by atoms with van der Waals surface area (Å²) < 4.78 is 10.4. The van der Waals surface area contributed by atoms with Gasteiger partial charge in [-0.05, 0) is 32.2 Å². The molecule has 1 aliphatic rings. The molecule has 136 valence electrons. The van der Waals surface area contributed by atoms with Crippen LogP contribution in [0.5, 0.6) is 0 Å². The van der Waals surface area contributed by atoms with Crippen molar-refractivity contribution in [3.8, 4) is 0 Å². The van der Waals surface area contributed by atoms with Crippen LogP contribution in [0.3, 0.4) is 0 Å². The van der Waals surface area contributed by atoms with E-state index in [1.807, 2.05) is 0 Å². The molecule has 0 saturated carbocycles. The molecule has 0 bridgehead atoms. The Morgan fingerprint density at radius 2 is 1.85 bits per heavy atom. The lowest BCUT2D eigenvalue weighted by Crippen LogP contribution is -2.47. The number of benzene rings is 1. The maximum absolute atomic E-state index is 12.6. The quantitative estimate of drug-likeness (QED) is 0.566. The Morgan fingerprint density at radius 3 is 2.35 bits per heavy atom. The van der Waals surface area contributed by atoms with Gasteiger partial charge in [0.2, 0.25) is 0 Å². The second kappa shape index (κ2) is 7.33. The van der Waals surface area contributed by atoms with Gasteiger partial charge in [-0.15, -0.1) is 0 Å². The number of imide groups is 1. The van der Waals surface area contributed by atoms with Gasteiger partial charge in [0.1, 0.15) is 18.4 Å². The van der Waals surface area contributed by atoms with Gasteiger partial charge in [-0.1, -0.05) is 17.3 Å². The fourth-order valence-electron chi connectivity index (χ4n) is 2.84. The molecule has 26 heavy (non-hydrogen) atoms. The molecule has 0 spiro atoms. The van der Waals surface area contributed by atoms with Crippen LogP contribution in [0.15, 0.2) is 28.8 Å². The summed E-state index contributed by atoms with van der Waals surface area (Å²) in [6, 6.07) is 5.56. The third-order valence-electron chi connectivity index (χ3n) is 4.27. The number of thioether (sulfide) groups is 1. The predicted octanol–water partition coefficient (Wildman–Crippen LogP) is 2.36. The first-order valence-electron chi connectivity index (χ1n) is 8.00. The normalized spacial score (nSPS) is 14.5. The van der Waals surface area contributed by atoms with Gasteiger partial charge >= 0.3 is 5.97 Å². The largest absolute Gasteiger partial charge is 0.459 e. The standard InChI is InChI=1S/C18H18N2O5S/c1-10-14(11(2)25-19-10)8-24-18(23)15(9-26-3)20-16(21)12-6-4-5-7-13(12)17(20)22/h4-7,15H,8-9H2,1-3H3. The molecule has 0 N–H and O–H groups in total. The lowest BCUT2D eigenvalue weighted by atomic mass is 10.1. The molecule has 7 nitrogen and oxygen atoms in total. The third-order valence-corrected chi connectivity index (χ3v) is 4.92. The molecule has 1 atom stereocenters. The Labute approximate surface area is 154 Å². The summed E-state index contributed by atoms with van der Waals surface area (Å²) in [4.78, 5) is 38.9. The van der Waals surface area contributed by atoms with E-state index in [4.69, 9.17) is 9.26 Å². The summed E-state index contributed by atoms with van der Waals surface area (Å²) in [5, 5.41) is 3.81. The highest BCUT2D eigenvalue weighted by Gasteiger charge is 2.43. The first-order chi connectivity index (χ1) is 12.5. The number of amides is 2. The molecule has 2 heterocycles.